The fourth-order valence-electron chi connectivity index (χ4n) is 2.73. The molecule has 0 spiro atoms. The third kappa shape index (κ3) is 4.42. The topological polar surface area (TPSA) is 37.4 Å². The van der Waals surface area contributed by atoms with Crippen LogP contribution in [0.5, 0.6) is 0 Å². The number of nitrogens with zero attached hydrogens (tertiary/aromatic N) is 1. The summed E-state index contributed by atoms with van der Waals surface area (Å²) in [6, 6.07) is 24.1. The standard InChI is InChI=1S/C22H20INO2S/c1-17-12-14-20(15-13-17)27(25,26)24(22-11-7-6-10-21(22)23)16-18(2)19-8-4-3-5-9-19/h3-15H,2,16H2,1H3. The monoisotopic (exact) mass is 489 g/mol. The summed E-state index contributed by atoms with van der Waals surface area (Å²) in [4.78, 5) is 0.272. The molecule has 27 heavy (non-hydrogen) atoms. The quantitative estimate of drug-likeness (QED) is 0.429. The SMILES string of the molecule is C=C(CN(c1ccccc1I)S(=O)(=O)c1ccc(C)cc1)c1ccccc1. The van der Waals surface area contributed by atoms with Gasteiger partial charge in [0.15, 0.2) is 0 Å². The minimum absolute atomic E-state index is 0.181. The van der Waals surface area contributed by atoms with Crippen LogP contribution in [0.4, 0.5) is 5.69 Å². The van der Waals surface area contributed by atoms with Crippen molar-refractivity contribution in [3.63, 3.8) is 0 Å². The van der Waals surface area contributed by atoms with Crippen molar-refractivity contribution in [1.29, 1.82) is 0 Å². The lowest BCUT2D eigenvalue weighted by molar-refractivity contribution is 0.593. The maximum Gasteiger partial charge on any atom is 0.264 e. The van der Waals surface area contributed by atoms with E-state index >= 15 is 0 Å². The first-order chi connectivity index (χ1) is 12.9. The van der Waals surface area contributed by atoms with E-state index in [4.69, 9.17) is 0 Å². The molecule has 0 heterocycles. The Morgan fingerprint density at radius 1 is 0.926 bits per heavy atom. The minimum atomic E-state index is -3.73. The molecule has 0 aliphatic carbocycles. The lowest BCUT2D eigenvalue weighted by Gasteiger charge is -2.26. The van der Waals surface area contributed by atoms with Gasteiger partial charge in [-0.2, -0.15) is 0 Å². The van der Waals surface area contributed by atoms with E-state index in [2.05, 4.69) is 29.2 Å². The Hall–Kier alpha value is -2.12. The molecule has 0 aliphatic heterocycles. The van der Waals surface area contributed by atoms with Crippen LogP contribution in [0.15, 0.2) is 90.3 Å². The number of aryl methyl sites for hydroxylation is 1. The second-order valence-electron chi connectivity index (χ2n) is 6.25. The number of hydrogen-bond donors (Lipinski definition) is 0. The Kier molecular flexibility index (Phi) is 6.01. The molecule has 0 bridgehead atoms. The summed E-state index contributed by atoms with van der Waals surface area (Å²) in [6.07, 6.45) is 0. The molecule has 0 amide bonds. The van der Waals surface area contributed by atoms with Gasteiger partial charge in [-0.3, -0.25) is 4.31 Å². The normalized spacial score (nSPS) is 11.2. The number of hydrogen-bond acceptors (Lipinski definition) is 2. The molecular formula is C22H20INO2S. The zero-order chi connectivity index (χ0) is 19.4. The van der Waals surface area contributed by atoms with Crippen LogP contribution >= 0.6 is 22.6 Å². The number of sulfonamides is 1. The van der Waals surface area contributed by atoms with Gasteiger partial charge in [-0.25, -0.2) is 8.42 Å². The summed E-state index contributed by atoms with van der Waals surface area (Å²) in [7, 11) is -3.73. The largest absolute Gasteiger partial charge is 0.264 e. The molecule has 138 valence electrons. The fraction of sp³-hybridized carbons (Fsp3) is 0.0909. The third-order valence-electron chi connectivity index (χ3n) is 4.25. The van der Waals surface area contributed by atoms with Crippen molar-refractivity contribution >= 4 is 43.9 Å². The highest BCUT2D eigenvalue weighted by atomic mass is 127. The molecule has 0 aliphatic rings. The molecular weight excluding hydrogens is 469 g/mol. The smallest absolute Gasteiger partial charge is 0.261 e. The average molecular weight is 489 g/mol. The molecule has 3 aromatic rings. The predicted octanol–water partition coefficient (Wildman–Crippen LogP) is 5.51. The second-order valence-corrected chi connectivity index (χ2v) is 9.27. The van der Waals surface area contributed by atoms with Crippen LogP contribution in [0.3, 0.4) is 0 Å². The minimum Gasteiger partial charge on any atom is -0.261 e. The van der Waals surface area contributed by atoms with Gasteiger partial charge < -0.3 is 0 Å². The van der Waals surface area contributed by atoms with Gasteiger partial charge in [0.25, 0.3) is 10.0 Å². The summed E-state index contributed by atoms with van der Waals surface area (Å²) >= 11 is 2.17. The van der Waals surface area contributed by atoms with E-state index in [1.54, 1.807) is 12.1 Å². The van der Waals surface area contributed by atoms with Gasteiger partial charge in [-0.1, -0.05) is 66.7 Å². The first kappa shape index (κ1) is 19.6. The molecule has 0 atom stereocenters. The molecule has 0 saturated heterocycles. The number of anilines is 1. The third-order valence-corrected chi connectivity index (χ3v) is 6.93. The van der Waals surface area contributed by atoms with E-state index in [1.165, 1.54) is 4.31 Å². The van der Waals surface area contributed by atoms with Crippen LogP contribution in [-0.4, -0.2) is 15.0 Å². The van der Waals surface area contributed by atoms with E-state index in [0.29, 0.717) is 5.69 Å². The molecule has 3 nitrogen and oxygen atoms in total. The molecule has 0 N–H and O–H groups in total. The lowest BCUT2D eigenvalue weighted by Crippen LogP contribution is -2.33. The lowest BCUT2D eigenvalue weighted by atomic mass is 10.1. The number of para-hydroxylation sites is 1. The average Bonchev–Trinajstić information content (AvgIpc) is 2.67. The van der Waals surface area contributed by atoms with Gasteiger partial charge in [0, 0.05) is 3.57 Å². The van der Waals surface area contributed by atoms with Crippen LogP contribution in [0.1, 0.15) is 11.1 Å². The number of benzene rings is 3. The summed E-state index contributed by atoms with van der Waals surface area (Å²) < 4.78 is 29.2. The first-order valence-electron chi connectivity index (χ1n) is 8.47. The molecule has 0 radical (unpaired) electrons. The summed E-state index contributed by atoms with van der Waals surface area (Å²) in [5.74, 6) is 0. The van der Waals surface area contributed by atoms with Crippen molar-refractivity contribution in [3.8, 4) is 0 Å². The maximum atomic E-state index is 13.4. The first-order valence-corrected chi connectivity index (χ1v) is 11.0. The fourth-order valence-corrected chi connectivity index (χ4v) is 5.05. The Morgan fingerprint density at radius 3 is 2.15 bits per heavy atom. The predicted molar refractivity (Wildman–Crippen MR) is 120 cm³/mol. The van der Waals surface area contributed by atoms with E-state index < -0.39 is 10.0 Å². The highest BCUT2D eigenvalue weighted by Crippen LogP contribution is 2.30. The highest BCUT2D eigenvalue weighted by Gasteiger charge is 2.27. The van der Waals surface area contributed by atoms with E-state index in [0.717, 1.165) is 20.3 Å². The van der Waals surface area contributed by atoms with Crippen molar-refractivity contribution in [2.24, 2.45) is 0 Å². The van der Waals surface area contributed by atoms with Crippen LogP contribution < -0.4 is 4.31 Å². The molecule has 0 saturated carbocycles. The van der Waals surface area contributed by atoms with Gasteiger partial charge in [-0.05, 0) is 64.9 Å². The summed E-state index contributed by atoms with van der Waals surface area (Å²) in [5.41, 5.74) is 3.33. The molecule has 0 aromatic heterocycles. The van der Waals surface area contributed by atoms with E-state index in [1.807, 2.05) is 73.7 Å². The van der Waals surface area contributed by atoms with E-state index in [9.17, 15) is 8.42 Å². The second kappa shape index (κ2) is 8.27. The summed E-state index contributed by atoms with van der Waals surface area (Å²) in [6.45, 7) is 6.25. The van der Waals surface area contributed by atoms with Crippen molar-refractivity contribution < 1.29 is 8.42 Å². The molecule has 5 heteroatoms. The molecule has 0 unspecified atom stereocenters. The molecule has 3 aromatic carbocycles. The van der Waals surface area contributed by atoms with E-state index in [-0.39, 0.29) is 11.4 Å². The number of rotatable bonds is 6. The summed E-state index contributed by atoms with van der Waals surface area (Å²) in [5, 5.41) is 0. The highest BCUT2D eigenvalue weighted by molar-refractivity contribution is 14.1. The van der Waals surface area contributed by atoms with Gasteiger partial charge in [0.2, 0.25) is 0 Å². The van der Waals surface area contributed by atoms with Gasteiger partial charge >= 0.3 is 0 Å². The zero-order valence-electron chi connectivity index (χ0n) is 15.0. The van der Waals surface area contributed by atoms with Gasteiger partial charge in [0.05, 0.1) is 17.1 Å². The molecule has 0 fully saturated rings. The van der Waals surface area contributed by atoms with Crippen LogP contribution in [0.2, 0.25) is 0 Å². The Labute approximate surface area is 174 Å². The van der Waals surface area contributed by atoms with Crippen molar-refractivity contribution in [3.05, 3.63) is 100 Å². The number of halogens is 1. The van der Waals surface area contributed by atoms with Crippen molar-refractivity contribution in [2.75, 3.05) is 10.8 Å². The van der Waals surface area contributed by atoms with Crippen molar-refractivity contribution in [2.45, 2.75) is 11.8 Å². The van der Waals surface area contributed by atoms with Gasteiger partial charge in [0.1, 0.15) is 0 Å². The zero-order valence-corrected chi connectivity index (χ0v) is 17.9. The van der Waals surface area contributed by atoms with Gasteiger partial charge in [-0.15, -0.1) is 0 Å². The Bertz CT molecular complexity index is 1050. The Balaban J connectivity index is 2.06. The maximum absolute atomic E-state index is 13.4. The Morgan fingerprint density at radius 2 is 1.52 bits per heavy atom. The molecule has 3 rings (SSSR count). The van der Waals surface area contributed by atoms with Crippen LogP contribution in [0, 0.1) is 10.5 Å². The van der Waals surface area contributed by atoms with Crippen LogP contribution in [-0.2, 0) is 10.0 Å². The van der Waals surface area contributed by atoms with Crippen molar-refractivity contribution in [1.82, 2.24) is 0 Å². The van der Waals surface area contributed by atoms with Crippen LogP contribution in [0.25, 0.3) is 5.57 Å².